The van der Waals surface area contributed by atoms with Crippen molar-refractivity contribution in [1.82, 2.24) is 9.97 Å². The summed E-state index contributed by atoms with van der Waals surface area (Å²) in [5.74, 6) is 0. The molecule has 0 unspecified atom stereocenters. The molecule has 5 rings (SSSR count). The number of rotatable bonds is 4. The first kappa shape index (κ1) is 19.0. The number of nitrogens with zero attached hydrogens (tertiary/aromatic N) is 2. The van der Waals surface area contributed by atoms with Crippen molar-refractivity contribution in [3.8, 4) is 44.9 Å². The molecule has 0 aliphatic carbocycles. The molecule has 2 heterocycles. The SMILES string of the molecule is Cc1cccc(-c2cc(-c3ccc(-c4ccccc4)cc3)cc(-c3ccccn3)n2)c1. The maximum absolute atomic E-state index is 4.94. The van der Waals surface area contributed by atoms with Gasteiger partial charge in [-0.1, -0.05) is 84.4 Å². The van der Waals surface area contributed by atoms with Crippen LogP contribution in [-0.2, 0) is 0 Å². The molecule has 5 aromatic rings. The summed E-state index contributed by atoms with van der Waals surface area (Å²) in [7, 11) is 0. The van der Waals surface area contributed by atoms with E-state index in [-0.39, 0.29) is 0 Å². The zero-order valence-corrected chi connectivity index (χ0v) is 17.4. The van der Waals surface area contributed by atoms with E-state index in [1.54, 1.807) is 0 Å². The third kappa shape index (κ3) is 4.15. The minimum atomic E-state index is 0.874. The lowest BCUT2D eigenvalue weighted by Gasteiger charge is -2.11. The fourth-order valence-electron chi connectivity index (χ4n) is 3.78. The van der Waals surface area contributed by atoms with Gasteiger partial charge in [0.25, 0.3) is 0 Å². The molecule has 2 heteroatoms. The Kier molecular flexibility index (Phi) is 5.12. The second-order valence-corrected chi connectivity index (χ2v) is 7.65. The Bertz CT molecular complexity index is 1310. The molecule has 2 nitrogen and oxygen atoms in total. The first-order valence-electron chi connectivity index (χ1n) is 10.4. The van der Waals surface area contributed by atoms with E-state index in [1.807, 2.05) is 30.5 Å². The molecule has 2 aromatic heterocycles. The van der Waals surface area contributed by atoms with Crippen LogP contribution in [0.25, 0.3) is 44.9 Å². The Hall–Kier alpha value is -4.04. The Balaban J connectivity index is 1.61. The molecule has 0 aliphatic heterocycles. The van der Waals surface area contributed by atoms with E-state index in [0.29, 0.717) is 0 Å². The zero-order valence-electron chi connectivity index (χ0n) is 17.4. The van der Waals surface area contributed by atoms with E-state index < -0.39 is 0 Å². The molecule has 0 aliphatic rings. The van der Waals surface area contributed by atoms with Crippen LogP contribution in [0.1, 0.15) is 5.56 Å². The molecule has 0 atom stereocenters. The van der Waals surface area contributed by atoms with Crippen LogP contribution in [0.15, 0.2) is 115 Å². The van der Waals surface area contributed by atoms with Crippen molar-refractivity contribution in [2.75, 3.05) is 0 Å². The van der Waals surface area contributed by atoms with Crippen LogP contribution < -0.4 is 0 Å². The van der Waals surface area contributed by atoms with Crippen LogP contribution >= 0.6 is 0 Å². The summed E-state index contributed by atoms with van der Waals surface area (Å²) < 4.78 is 0. The van der Waals surface area contributed by atoms with Crippen LogP contribution in [-0.4, -0.2) is 9.97 Å². The van der Waals surface area contributed by atoms with E-state index in [4.69, 9.17) is 4.98 Å². The van der Waals surface area contributed by atoms with Gasteiger partial charge in [0.1, 0.15) is 0 Å². The van der Waals surface area contributed by atoms with Crippen molar-refractivity contribution < 1.29 is 0 Å². The molecule has 0 spiro atoms. The van der Waals surface area contributed by atoms with Crippen molar-refractivity contribution in [2.24, 2.45) is 0 Å². The maximum atomic E-state index is 4.94. The molecule has 0 amide bonds. The summed E-state index contributed by atoms with van der Waals surface area (Å²) in [6.45, 7) is 2.11. The molecule has 31 heavy (non-hydrogen) atoms. The number of hydrogen-bond acceptors (Lipinski definition) is 2. The van der Waals surface area contributed by atoms with Crippen molar-refractivity contribution in [2.45, 2.75) is 6.92 Å². The average molecular weight is 399 g/mol. The first-order chi connectivity index (χ1) is 15.3. The van der Waals surface area contributed by atoms with Gasteiger partial charge in [0, 0.05) is 11.8 Å². The summed E-state index contributed by atoms with van der Waals surface area (Å²) in [6.07, 6.45) is 1.81. The van der Waals surface area contributed by atoms with Gasteiger partial charge in [-0.25, -0.2) is 4.98 Å². The lowest BCUT2D eigenvalue weighted by Crippen LogP contribution is -1.93. The van der Waals surface area contributed by atoms with Gasteiger partial charge in [0.15, 0.2) is 0 Å². The standard InChI is InChI=1S/C29H22N2/c1-21-8-7-11-25(18-21)28-19-26(20-29(31-28)27-12-5-6-17-30-27)24-15-13-23(14-16-24)22-9-3-2-4-10-22/h2-20H,1H3. The van der Waals surface area contributed by atoms with E-state index >= 15 is 0 Å². The fourth-order valence-corrected chi connectivity index (χ4v) is 3.78. The van der Waals surface area contributed by atoms with Gasteiger partial charge in [-0.2, -0.15) is 0 Å². The number of pyridine rings is 2. The average Bonchev–Trinajstić information content (AvgIpc) is 2.85. The Morgan fingerprint density at radius 3 is 1.81 bits per heavy atom. The molecule has 0 fully saturated rings. The second-order valence-electron chi connectivity index (χ2n) is 7.65. The summed E-state index contributed by atoms with van der Waals surface area (Å²) >= 11 is 0. The largest absolute Gasteiger partial charge is 0.255 e. The molecule has 3 aromatic carbocycles. The van der Waals surface area contributed by atoms with Gasteiger partial charge >= 0.3 is 0 Å². The Morgan fingerprint density at radius 2 is 1.10 bits per heavy atom. The van der Waals surface area contributed by atoms with Crippen molar-refractivity contribution >= 4 is 0 Å². The summed E-state index contributed by atoms with van der Waals surface area (Å²) in [6, 6.07) is 37.9. The predicted octanol–water partition coefficient (Wildman–Crippen LogP) is 7.45. The van der Waals surface area contributed by atoms with E-state index in [9.17, 15) is 0 Å². The normalized spacial score (nSPS) is 10.7. The third-order valence-corrected chi connectivity index (χ3v) is 5.39. The highest BCUT2D eigenvalue weighted by Crippen LogP contribution is 2.31. The van der Waals surface area contributed by atoms with Crippen LogP contribution in [0.4, 0.5) is 0 Å². The lowest BCUT2D eigenvalue weighted by atomic mass is 9.98. The minimum absolute atomic E-state index is 0.874. The number of benzene rings is 3. The van der Waals surface area contributed by atoms with Gasteiger partial charge in [-0.15, -0.1) is 0 Å². The Labute approximate surface area is 182 Å². The smallest absolute Gasteiger partial charge is 0.0899 e. The summed E-state index contributed by atoms with van der Waals surface area (Å²) in [5, 5.41) is 0. The zero-order chi connectivity index (χ0) is 21.0. The highest BCUT2D eigenvalue weighted by molar-refractivity contribution is 5.77. The van der Waals surface area contributed by atoms with Gasteiger partial charge < -0.3 is 0 Å². The quantitative estimate of drug-likeness (QED) is 0.314. The summed E-state index contributed by atoms with van der Waals surface area (Å²) in [5.41, 5.74) is 9.76. The summed E-state index contributed by atoms with van der Waals surface area (Å²) in [4.78, 5) is 9.47. The molecular formula is C29H22N2. The first-order valence-corrected chi connectivity index (χ1v) is 10.4. The van der Waals surface area contributed by atoms with Crippen LogP contribution in [0.2, 0.25) is 0 Å². The number of hydrogen-bond donors (Lipinski definition) is 0. The highest BCUT2D eigenvalue weighted by Gasteiger charge is 2.10. The lowest BCUT2D eigenvalue weighted by molar-refractivity contribution is 1.25. The molecule has 0 bridgehead atoms. The second kappa shape index (κ2) is 8.37. The van der Waals surface area contributed by atoms with Gasteiger partial charge in [0.05, 0.1) is 17.1 Å². The molecule has 0 saturated carbocycles. The predicted molar refractivity (Wildman–Crippen MR) is 129 cm³/mol. The highest BCUT2D eigenvalue weighted by atomic mass is 14.8. The van der Waals surface area contributed by atoms with Crippen molar-refractivity contribution in [1.29, 1.82) is 0 Å². The monoisotopic (exact) mass is 398 g/mol. The van der Waals surface area contributed by atoms with Gasteiger partial charge in [-0.3, -0.25) is 4.98 Å². The minimum Gasteiger partial charge on any atom is -0.255 e. The molecule has 148 valence electrons. The molecular weight excluding hydrogens is 376 g/mol. The maximum Gasteiger partial charge on any atom is 0.0899 e. The van der Waals surface area contributed by atoms with Crippen LogP contribution in [0.5, 0.6) is 0 Å². The van der Waals surface area contributed by atoms with Crippen LogP contribution in [0.3, 0.4) is 0 Å². The Morgan fingerprint density at radius 1 is 0.452 bits per heavy atom. The topological polar surface area (TPSA) is 25.8 Å². The molecule has 0 N–H and O–H groups in total. The van der Waals surface area contributed by atoms with E-state index in [1.165, 1.54) is 16.7 Å². The van der Waals surface area contributed by atoms with Crippen molar-refractivity contribution in [3.05, 3.63) is 121 Å². The fraction of sp³-hybridized carbons (Fsp3) is 0.0345. The molecule has 0 saturated heterocycles. The van der Waals surface area contributed by atoms with E-state index in [2.05, 4.69) is 96.8 Å². The van der Waals surface area contributed by atoms with Crippen LogP contribution in [0, 0.1) is 6.92 Å². The number of aryl methyl sites for hydroxylation is 1. The van der Waals surface area contributed by atoms with E-state index in [0.717, 1.165) is 33.8 Å². The third-order valence-electron chi connectivity index (χ3n) is 5.39. The number of aromatic nitrogens is 2. The molecule has 0 radical (unpaired) electrons. The van der Waals surface area contributed by atoms with Gasteiger partial charge in [0.2, 0.25) is 0 Å². The van der Waals surface area contributed by atoms with Crippen molar-refractivity contribution in [3.63, 3.8) is 0 Å². The van der Waals surface area contributed by atoms with Gasteiger partial charge in [-0.05, 0) is 59.5 Å².